The van der Waals surface area contributed by atoms with Crippen LogP contribution in [0, 0.1) is 0 Å². The molecule has 0 unspecified atom stereocenters. The molecule has 12 heteroatoms. The molecule has 2 N–H and O–H groups in total. The molecule has 0 spiro atoms. The molecule has 2 heterocycles. The third-order valence-corrected chi connectivity index (χ3v) is 4.96. The minimum Gasteiger partial charge on any atom is -0.477 e. The number of carboxylic acid groups (broad SMARTS) is 1. The van der Waals surface area contributed by atoms with Gasteiger partial charge in [0.2, 0.25) is 0 Å². The fourth-order valence-electron chi connectivity index (χ4n) is 2.49. The number of nitrogens with one attached hydrogen (secondary N) is 1. The number of ether oxygens (including phenoxy) is 1. The van der Waals surface area contributed by atoms with Gasteiger partial charge in [-0.15, -0.1) is 11.3 Å². The maximum absolute atomic E-state index is 12.9. The van der Waals surface area contributed by atoms with E-state index in [2.05, 4.69) is 10.4 Å². The molecule has 2 rings (SSSR count). The molecule has 0 bridgehead atoms. The zero-order valence-electron chi connectivity index (χ0n) is 19.6. The summed E-state index contributed by atoms with van der Waals surface area (Å²) >= 11 is 1.30. The first-order chi connectivity index (χ1) is 15.3. The minimum atomic E-state index is -4.73. The van der Waals surface area contributed by atoms with Crippen LogP contribution >= 0.6 is 11.3 Å². The van der Waals surface area contributed by atoms with Crippen LogP contribution < -0.4 is 5.32 Å². The number of nitrogens with zero attached hydrogens (tertiary/aromatic N) is 3. The quantitative estimate of drug-likeness (QED) is 0.520. The topological polar surface area (TPSA) is 96.7 Å². The first-order valence-electron chi connectivity index (χ1n) is 10.4. The maximum atomic E-state index is 12.9. The highest BCUT2D eigenvalue weighted by molar-refractivity contribution is 7.10. The fourth-order valence-corrected chi connectivity index (χ4v) is 3.34. The van der Waals surface area contributed by atoms with Gasteiger partial charge >= 0.3 is 18.2 Å². The average molecular weight is 493 g/mol. The predicted molar refractivity (Wildman–Crippen MR) is 120 cm³/mol. The monoisotopic (exact) mass is 492 g/mol. The van der Waals surface area contributed by atoms with Crippen LogP contribution in [-0.2, 0) is 17.3 Å². The van der Waals surface area contributed by atoms with E-state index in [4.69, 9.17) is 4.74 Å². The van der Waals surface area contributed by atoms with Crippen LogP contribution in [0.1, 0.15) is 55.7 Å². The Hall–Kier alpha value is -2.60. The molecular formula is C21H31F3N4O4S. The number of thiophene rings is 1. The summed E-state index contributed by atoms with van der Waals surface area (Å²) in [5, 5.41) is 17.3. The van der Waals surface area contributed by atoms with Crippen molar-refractivity contribution in [2.24, 2.45) is 0 Å². The number of halogens is 3. The third-order valence-electron chi connectivity index (χ3n) is 3.98. The lowest BCUT2D eigenvalue weighted by Crippen LogP contribution is -2.38. The van der Waals surface area contributed by atoms with Crippen molar-refractivity contribution >= 4 is 23.4 Å². The number of alkyl halides is 3. The Kier molecular flexibility index (Phi) is 10.4. The molecule has 186 valence electrons. The Morgan fingerprint density at radius 2 is 1.85 bits per heavy atom. The van der Waals surface area contributed by atoms with E-state index in [1.807, 2.05) is 13.8 Å². The third kappa shape index (κ3) is 9.04. The van der Waals surface area contributed by atoms with Crippen LogP contribution in [0.25, 0.3) is 5.69 Å². The smallest absolute Gasteiger partial charge is 0.435 e. The molecule has 0 aliphatic heterocycles. The first-order valence-corrected chi connectivity index (χ1v) is 11.3. The van der Waals surface area contributed by atoms with Crippen LogP contribution in [0.3, 0.4) is 0 Å². The van der Waals surface area contributed by atoms with Crippen LogP contribution in [-0.4, -0.2) is 64.1 Å². The van der Waals surface area contributed by atoms with Gasteiger partial charge in [0, 0.05) is 43.0 Å². The SMILES string of the molecule is CC.CN(CCNCCc1cc(-n2nc(C(F)(F)F)cc2C(=O)O)cs1)C(=O)OC(C)(C)C. The van der Waals surface area contributed by atoms with Crippen molar-refractivity contribution in [3.8, 4) is 5.69 Å². The zero-order chi connectivity index (χ0) is 25.4. The highest BCUT2D eigenvalue weighted by atomic mass is 32.1. The summed E-state index contributed by atoms with van der Waals surface area (Å²) in [6.07, 6.45) is -4.56. The fraction of sp³-hybridized carbons (Fsp3) is 0.571. The average Bonchev–Trinajstić information content (AvgIpc) is 3.34. The molecular weight excluding hydrogens is 461 g/mol. The van der Waals surface area contributed by atoms with E-state index < -0.39 is 35.2 Å². The van der Waals surface area contributed by atoms with Crippen molar-refractivity contribution < 1.29 is 32.6 Å². The van der Waals surface area contributed by atoms with Gasteiger partial charge in [0.05, 0.1) is 5.69 Å². The highest BCUT2D eigenvalue weighted by Gasteiger charge is 2.36. The van der Waals surface area contributed by atoms with Crippen molar-refractivity contribution in [2.75, 3.05) is 26.7 Å². The zero-order valence-corrected chi connectivity index (χ0v) is 20.4. The molecule has 33 heavy (non-hydrogen) atoms. The van der Waals surface area contributed by atoms with Crippen molar-refractivity contribution in [1.82, 2.24) is 20.0 Å². The number of aromatic carboxylic acids is 1. The van der Waals surface area contributed by atoms with Gasteiger partial charge in [-0.2, -0.15) is 18.3 Å². The van der Waals surface area contributed by atoms with Gasteiger partial charge in [0.1, 0.15) is 5.60 Å². The lowest BCUT2D eigenvalue weighted by molar-refractivity contribution is -0.141. The van der Waals surface area contributed by atoms with E-state index in [1.54, 1.807) is 39.3 Å². The van der Waals surface area contributed by atoms with Gasteiger partial charge in [0.25, 0.3) is 0 Å². The summed E-state index contributed by atoms with van der Waals surface area (Å²) in [5.74, 6) is -1.49. The summed E-state index contributed by atoms with van der Waals surface area (Å²) in [4.78, 5) is 25.5. The number of hydrogen-bond acceptors (Lipinski definition) is 6. The van der Waals surface area contributed by atoms with E-state index >= 15 is 0 Å². The maximum Gasteiger partial charge on any atom is 0.435 e. The summed E-state index contributed by atoms with van der Waals surface area (Å²) in [7, 11) is 1.64. The van der Waals surface area contributed by atoms with E-state index in [-0.39, 0.29) is 5.69 Å². The summed E-state index contributed by atoms with van der Waals surface area (Å²) < 4.78 is 44.7. The molecule has 0 aliphatic carbocycles. The van der Waals surface area contributed by atoms with Crippen molar-refractivity contribution in [1.29, 1.82) is 0 Å². The largest absolute Gasteiger partial charge is 0.477 e. The van der Waals surface area contributed by atoms with Crippen molar-refractivity contribution in [3.05, 3.63) is 33.8 Å². The second kappa shape index (κ2) is 12.0. The highest BCUT2D eigenvalue weighted by Crippen LogP contribution is 2.30. The van der Waals surface area contributed by atoms with Gasteiger partial charge in [-0.3, -0.25) is 0 Å². The van der Waals surface area contributed by atoms with E-state index in [1.165, 1.54) is 16.2 Å². The van der Waals surface area contributed by atoms with Gasteiger partial charge < -0.3 is 20.1 Å². The molecule has 1 amide bonds. The minimum absolute atomic E-state index is 0.262. The number of aromatic nitrogens is 2. The molecule has 0 saturated heterocycles. The van der Waals surface area contributed by atoms with Crippen molar-refractivity contribution in [2.45, 2.75) is 52.8 Å². The molecule has 8 nitrogen and oxygen atoms in total. The van der Waals surface area contributed by atoms with Gasteiger partial charge in [-0.25, -0.2) is 14.3 Å². The Labute approximate surface area is 195 Å². The predicted octanol–water partition coefficient (Wildman–Crippen LogP) is 4.68. The van der Waals surface area contributed by atoms with Crippen LogP contribution in [0.2, 0.25) is 0 Å². The Balaban J connectivity index is 0.00000265. The van der Waals surface area contributed by atoms with Gasteiger partial charge in [-0.05, 0) is 33.3 Å². The van der Waals surface area contributed by atoms with Gasteiger partial charge in [0.15, 0.2) is 11.4 Å². The summed E-state index contributed by atoms with van der Waals surface area (Å²) in [6, 6.07) is 2.13. The molecule has 0 fully saturated rings. The first kappa shape index (κ1) is 28.4. The second-order valence-corrected chi connectivity index (χ2v) is 8.80. The van der Waals surface area contributed by atoms with Crippen molar-refractivity contribution in [3.63, 3.8) is 0 Å². The van der Waals surface area contributed by atoms with Crippen LogP contribution in [0.5, 0.6) is 0 Å². The number of rotatable bonds is 8. The number of carbonyl (C=O) groups excluding carboxylic acids is 1. The van der Waals surface area contributed by atoms with E-state index in [9.17, 15) is 27.9 Å². The molecule has 0 atom stereocenters. The lowest BCUT2D eigenvalue weighted by atomic mass is 10.2. The number of carboxylic acids is 1. The number of amides is 1. The van der Waals surface area contributed by atoms with Crippen LogP contribution in [0.15, 0.2) is 17.5 Å². The molecule has 2 aromatic heterocycles. The lowest BCUT2D eigenvalue weighted by Gasteiger charge is -2.24. The van der Waals surface area contributed by atoms with Gasteiger partial charge in [-0.1, -0.05) is 13.8 Å². The molecule has 0 saturated carbocycles. The van der Waals surface area contributed by atoms with Crippen LogP contribution in [0.4, 0.5) is 18.0 Å². The Morgan fingerprint density at radius 3 is 2.39 bits per heavy atom. The molecule has 0 radical (unpaired) electrons. The number of carbonyl (C=O) groups is 2. The summed E-state index contributed by atoms with van der Waals surface area (Å²) in [5.41, 5.74) is -2.11. The number of hydrogen-bond donors (Lipinski definition) is 2. The number of likely N-dealkylation sites (N-methyl/N-ethyl adjacent to an activating group) is 1. The molecule has 0 aliphatic rings. The Bertz CT molecular complexity index is 919. The molecule has 0 aromatic carbocycles. The Morgan fingerprint density at radius 1 is 1.21 bits per heavy atom. The molecule has 2 aromatic rings. The standard InChI is InChI=1S/C19H25F3N4O4S.C2H6/c1-18(2,3)30-17(29)25(4)8-7-23-6-5-13-9-12(11-31-13)26-14(16(27)28)10-15(24-26)19(20,21)22;1-2/h9-11,23H,5-8H2,1-4H3,(H,27,28);1-2H3. The second-order valence-electron chi connectivity index (χ2n) is 7.80. The van der Waals surface area contributed by atoms with E-state index in [0.717, 1.165) is 9.56 Å². The summed E-state index contributed by atoms with van der Waals surface area (Å²) in [6.45, 7) is 10.9. The normalized spacial score (nSPS) is 11.5. The van der Waals surface area contributed by atoms with E-state index in [0.29, 0.717) is 32.1 Å².